The Balaban J connectivity index is 1.90. The molecule has 0 bridgehead atoms. The molecule has 5 nitrogen and oxygen atoms in total. The summed E-state index contributed by atoms with van der Waals surface area (Å²) in [6.45, 7) is 1.78. The molecular weight excluding hydrogens is 216 g/mol. The number of carbonyl (C=O) groups excluding carboxylic acids is 1. The maximum Gasteiger partial charge on any atom is 0.315 e. The fourth-order valence-corrected chi connectivity index (χ4v) is 3.93. The third-order valence-electron chi connectivity index (χ3n) is 2.83. The van der Waals surface area contributed by atoms with Gasteiger partial charge in [-0.1, -0.05) is 0 Å². The molecule has 0 radical (unpaired) electrons. The molecule has 86 valence electrons. The highest BCUT2D eigenvalue weighted by atomic mass is 32.2. The van der Waals surface area contributed by atoms with Crippen LogP contribution in [-0.4, -0.2) is 37.5 Å². The van der Waals surface area contributed by atoms with Crippen molar-refractivity contribution in [3.05, 3.63) is 0 Å². The third-order valence-corrected chi connectivity index (χ3v) is 4.73. The second-order valence-electron chi connectivity index (χ2n) is 4.78. The van der Waals surface area contributed by atoms with Gasteiger partial charge in [0.1, 0.15) is 0 Å². The van der Waals surface area contributed by atoms with E-state index in [9.17, 15) is 13.2 Å². The highest BCUT2D eigenvalue weighted by Gasteiger charge is 2.40. The lowest BCUT2D eigenvalue weighted by Gasteiger charge is -2.23. The number of urea groups is 1. The summed E-state index contributed by atoms with van der Waals surface area (Å²) < 4.78 is 22.6. The minimum atomic E-state index is -2.95. The molecular formula is C9H16N2O3S. The van der Waals surface area contributed by atoms with Gasteiger partial charge in [0.2, 0.25) is 0 Å². The molecule has 0 aromatic heterocycles. The van der Waals surface area contributed by atoms with Crippen molar-refractivity contribution in [2.45, 2.75) is 37.8 Å². The second kappa shape index (κ2) is 3.37. The lowest BCUT2D eigenvalue weighted by Crippen LogP contribution is -2.51. The van der Waals surface area contributed by atoms with E-state index < -0.39 is 15.4 Å². The first-order valence-corrected chi connectivity index (χ1v) is 7.00. The zero-order valence-corrected chi connectivity index (χ0v) is 9.56. The van der Waals surface area contributed by atoms with Crippen LogP contribution in [0.1, 0.15) is 26.2 Å². The van der Waals surface area contributed by atoms with Gasteiger partial charge in [-0.2, -0.15) is 0 Å². The van der Waals surface area contributed by atoms with Crippen molar-refractivity contribution in [2.24, 2.45) is 0 Å². The molecule has 1 aliphatic carbocycles. The minimum absolute atomic E-state index is 0.0537. The molecule has 2 amide bonds. The van der Waals surface area contributed by atoms with Crippen LogP contribution in [0.25, 0.3) is 0 Å². The lowest BCUT2D eigenvalue weighted by molar-refractivity contribution is 0.230. The summed E-state index contributed by atoms with van der Waals surface area (Å²) in [6, 6.07) is 0.0590. The molecule has 1 unspecified atom stereocenters. The van der Waals surface area contributed by atoms with Crippen LogP contribution < -0.4 is 10.6 Å². The molecule has 1 saturated heterocycles. The van der Waals surface area contributed by atoms with Gasteiger partial charge >= 0.3 is 6.03 Å². The van der Waals surface area contributed by atoms with Crippen LogP contribution in [0.3, 0.4) is 0 Å². The van der Waals surface area contributed by atoms with Gasteiger partial charge < -0.3 is 10.6 Å². The maximum atomic E-state index is 11.4. The fourth-order valence-electron chi connectivity index (χ4n) is 1.83. The first-order chi connectivity index (χ1) is 6.89. The van der Waals surface area contributed by atoms with Crippen LogP contribution in [-0.2, 0) is 9.84 Å². The molecule has 0 aromatic carbocycles. The molecule has 2 aliphatic rings. The monoisotopic (exact) mass is 232 g/mol. The summed E-state index contributed by atoms with van der Waals surface area (Å²) in [5.41, 5.74) is -0.586. The van der Waals surface area contributed by atoms with Gasteiger partial charge in [0.05, 0.1) is 17.0 Å². The van der Waals surface area contributed by atoms with E-state index in [1.54, 1.807) is 6.92 Å². The molecule has 1 saturated carbocycles. The average Bonchev–Trinajstić information content (AvgIpc) is 2.79. The van der Waals surface area contributed by atoms with E-state index >= 15 is 0 Å². The zero-order chi connectivity index (χ0) is 11.1. The lowest BCUT2D eigenvalue weighted by atomic mass is 10.0. The molecule has 6 heteroatoms. The molecule has 0 aromatic rings. The maximum absolute atomic E-state index is 11.4. The Labute approximate surface area is 89.5 Å². The van der Waals surface area contributed by atoms with Crippen LogP contribution in [0.2, 0.25) is 0 Å². The Kier molecular flexibility index (Phi) is 2.41. The van der Waals surface area contributed by atoms with E-state index in [0.29, 0.717) is 12.5 Å². The van der Waals surface area contributed by atoms with Crippen molar-refractivity contribution in [1.29, 1.82) is 0 Å². The van der Waals surface area contributed by atoms with Gasteiger partial charge in [-0.3, -0.25) is 0 Å². The van der Waals surface area contributed by atoms with E-state index in [0.717, 1.165) is 12.8 Å². The first kappa shape index (κ1) is 10.7. The van der Waals surface area contributed by atoms with E-state index in [2.05, 4.69) is 10.6 Å². The molecule has 1 atom stereocenters. The smallest absolute Gasteiger partial charge is 0.315 e. The van der Waals surface area contributed by atoms with Crippen LogP contribution >= 0.6 is 0 Å². The number of hydrogen-bond acceptors (Lipinski definition) is 3. The molecule has 1 aliphatic heterocycles. The first-order valence-electron chi connectivity index (χ1n) is 5.18. The molecule has 0 spiro atoms. The van der Waals surface area contributed by atoms with Gasteiger partial charge in [-0.05, 0) is 26.2 Å². The number of hydrogen-bond donors (Lipinski definition) is 2. The highest BCUT2D eigenvalue weighted by molar-refractivity contribution is 7.91. The number of sulfone groups is 1. The van der Waals surface area contributed by atoms with Crippen molar-refractivity contribution in [3.63, 3.8) is 0 Å². The Hall–Kier alpha value is -0.780. The van der Waals surface area contributed by atoms with E-state index in [1.165, 1.54) is 0 Å². The predicted molar refractivity (Wildman–Crippen MR) is 56.4 cm³/mol. The van der Waals surface area contributed by atoms with E-state index in [4.69, 9.17) is 0 Å². The molecule has 15 heavy (non-hydrogen) atoms. The van der Waals surface area contributed by atoms with Crippen molar-refractivity contribution in [2.75, 3.05) is 11.5 Å². The van der Waals surface area contributed by atoms with E-state index in [-0.39, 0.29) is 17.5 Å². The Morgan fingerprint density at radius 3 is 2.53 bits per heavy atom. The van der Waals surface area contributed by atoms with Crippen LogP contribution in [0, 0.1) is 0 Å². The summed E-state index contributed by atoms with van der Waals surface area (Å²) in [5.74, 6) is 0.227. The molecule has 2 rings (SSSR count). The van der Waals surface area contributed by atoms with Gasteiger partial charge in [0.15, 0.2) is 9.84 Å². The fraction of sp³-hybridized carbons (Fsp3) is 0.889. The summed E-state index contributed by atoms with van der Waals surface area (Å²) in [7, 11) is -2.95. The third kappa shape index (κ3) is 2.84. The number of amides is 2. The van der Waals surface area contributed by atoms with Gasteiger partial charge in [0.25, 0.3) is 0 Å². The second-order valence-corrected chi connectivity index (χ2v) is 6.96. The largest absolute Gasteiger partial charge is 0.335 e. The Morgan fingerprint density at radius 1 is 1.40 bits per heavy atom. The summed E-state index contributed by atoms with van der Waals surface area (Å²) in [5, 5.41) is 5.54. The minimum Gasteiger partial charge on any atom is -0.335 e. The van der Waals surface area contributed by atoms with Crippen LogP contribution in [0.5, 0.6) is 0 Å². The van der Waals surface area contributed by atoms with Gasteiger partial charge in [0, 0.05) is 6.04 Å². The van der Waals surface area contributed by atoms with Crippen molar-refractivity contribution in [1.82, 2.24) is 10.6 Å². The van der Waals surface area contributed by atoms with Gasteiger partial charge in [-0.25, -0.2) is 13.2 Å². The van der Waals surface area contributed by atoms with Gasteiger partial charge in [-0.15, -0.1) is 0 Å². The van der Waals surface area contributed by atoms with Crippen LogP contribution in [0.4, 0.5) is 4.79 Å². The topological polar surface area (TPSA) is 75.3 Å². The summed E-state index contributed by atoms with van der Waals surface area (Å²) in [4.78, 5) is 11.4. The van der Waals surface area contributed by atoms with Crippen molar-refractivity contribution >= 4 is 15.9 Å². The van der Waals surface area contributed by atoms with Crippen molar-refractivity contribution in [3.8, 4) is 0 Å². The van der Waals surface area contributed by atoms with Crippen LogP contribution in [0.15, 0.2) is 0 Å². The highest BCUT2D eigenvalue weighted by Crippen LogP contribution is 2.23. The normalized spacial score (nSPS) is 33.7. The summed E-state index contributed by atoms with van der Waals surface area (Å²) in [6.07, 6.45) is 2.57. The predicted octanol–water partition coefficient (Wildman–Crippen LogP) is 0.0252. The van der Waals surface area contributed by atoms with Crippen molar-refractivity contribution < 1.29 is 13.2 Å². The molecule has 2 N–H and O–H groups in total. The average molecular weight is 232 g/mol. The zero-order valence-electron chi connectivity index (χ0n) is 8.75. The number of carbonyl (C=O) groups is 1. The molecule has 2 fully saturated rings. The Bertz CT molecular complexity index is 375. The SMILES string of the molecule is CC1(NC(=O)NC2CC2)CCS(=O)(=O)C1. The summed E-state index contributed by atoms with van der Waals surface area (Å²) >= 11 is 0. The molecule has 1 heterocycles. The Morgan fingerprint density at radius 2 is 2.07 bits per heavy atom. The van der Waals surface area contributed by atoms with E-state index in [1.807, 2.05) is 0 Å². The number of nitrogens with one attached hydrogen (secondary N) is 2. The standard InChI is InChI=1S/C9H16N2O3S/c1-9(4-5-15(13,14)6-9)11-8(12)10-7-2-3-7/h7H,2-6H2,1H3,(H2,10,11,12). The number of rotatable bonds is 2. The quantitative estimate of drug-likeness (QED) is 0.705.